The molecule has 0 aliphatic heterocycles. The summed E-state index contributed by atoms with van der Waals surface area (Å²) in [7, 11) is 1.62. The Labute approximate surface area is 200 Å². The van der Waals surface area contributed by atoms with Crippen LogP contribution in [0.1, 0.15) is 48.4 Å². The standard InChI is InChI=1S/C24H25N5O2S2/c1-13-3-10-17-18(11-13)33-23-20(17)22-27-28-24(29(22)21(26-23)14-4-5-14)32-12-19(30)25-15-6-8-16(31-2)9-7-15/h6-9,13-14H,3-5,10-12H2,1-2H3,(H,25,30)/t13-/m1/s1. The Balaban J connectivity index is 1.30. The molecule has 1 amide bonds. The molecule has 1 saturated carbocycles. The zero-order chi connectivity index (χ0) is 22.5. The number of nitrogens with one attached hydrogen (secondary N) is 1. The zero-order valence-electron chi connectivity index (χ0n) is 18.6. The first-order valence-corrected chi connectivity index (χ1v) is 13.2. The minimum atomic E-state index is -0.0779. The fourth-order valence-corrected chi connectivity index (χ4v) is 6.67. The molecule has 4 aromatic rings. The molecule has 2 aliphatic carbocycles. The van der Waals surface area contributed by atoms with Crippen LogP contribution >= 0.6 is 23.1 Å². The fourth-order valence-electron chi connectivity index (χ4n) is 4.55. The third-order valence-corrected chi connectivity index (χ3v) is 8.52. The van der Waals surface area contributed by atoms with Crippen LogP contribution in [0.4, 0.5) is 5.69 Å². The Kier molecular flexibility index (Phi) is 5.25. The summed E-state index contributed by atoms with van der Waals surface area (Å²) >= 11 is 3.25. The summed E-state index contributed by atoms with van der Waals surface area (Å²) in [6.07, 6.45) is 5.71. The molecule has 0 bridgehead atoms. The van der Waals surface area contributed by atoms with Crippen LogP contribution in [0.25, 0.3) is 15.9 Å². The number of hydrogen-bond acceptors (Lipinski definition) is 7. The first-order chi connectivity index (χ1) is 16.1. The molecule has 170 valence electrons. The van der Waals surface area contributed by atoms with E-state index in [0.29, 0.717) is 5.92 Å². The Morgan fingerprint density at radius 1 is 1.24 bits per heavy atom. The van der Waals surface area contributed by atoms with Gasteiger partial charge in [0.1, 0.15) is 16.4 Å². The Morgan fingerprint density at radius 3 is 2.82 bits per heavy atom. The highest BCUT2D eigenvalue weighted by atomic mass is 32.2. The highest BCUT2D eigenvalue weighted by molar-refractivity contribution is 7.99. The van der Waals surface area contributed by atoms with Crippen LogP contribution in [0.5, 0.6) is 5.75 Å². The van der Waals surface area contributed by atoms with Crippen LogP contribution in [0, 0.1) is 5.92 Å². The number of aromatic nitrogens is 4. The average Bonchev–Trinajstić information content (AvgIpc) is 3.48. The average molecular weight is 480 g/mol. The number of amides is 1. The monoisotopic (exact) mass is 479 g/mol. The molecule has 1 fully saturated rings. The molecule has 0 unspecified atom stereocenters. The summed E-state index contributed by atoms with van der Waals surface area (Å²) in [5.74, 6) is 3.16. The number of carbonyl (C=O) groups excluding carboxylic acids is 1. The third kappa shape index (κ3) is 3.87. The van der Waals surface area contributed by atoms with Crippen LogP contribution < -0.4 is 10.1 Å². The van der Waals surface area contributed by atoms with Gasteiger partial charge in [0, 0.05) is 16.5 Å². The maximum Gasteiger partial charge on any atom is 0.234 e. The SMILES string of the molecule is COc1ccc(NC(=O)CSc2nnc3c4c5c(sc4nc(C4CC4)n23)C[C@H](C)CC5)cc1. The number of fused-ring (bicyclic) bond motifs is 5. The molecular formula is C24H25N5O2S2. The van der Waals surface area contributed by atoms with Gasteiger partial charge in [-0.2, -0.15) is 0 Å². The van der Waals surface area contributed by atoms with Crippen molar-refractivity contribution in [3.8, 4) is 5.75 Å². The molecule has 9 heteroatoms. The third-order valence-electron chi connectivity index (χ3n) is 6.44. The van der Waals surface area contributed by atoms with E-state index in [9.17, 15) is 4.79 Å². The lowest BCUT2D eigenvalue weighted by Gasteiger charge is -2.17. The lowest BCUT2D eigenvalue weighted by Crippen LogP contribution is -2.14. The molecule has 1 atom stereocenters. The number of methoxy groups -OCH3 is 1. The predicted octanol–water partition coefficient (Wildman–Crippen LogP) is 5.08. The highest BCUT2D eigenvalue weighted by Crippen LogP contribution is 2.44. The van der Waals surface area contributed by atoms with Gasteiger partial charge in [0.2, 0.25) is 5.91 Å². The van der Waals surface area contributed by atoms with Crippen molar-refractivity contribution in [2.24, 2.45) is 5.92 Å². The van der Waals surface area contributed by atoms with Crippen molar-refractivity contribution in [1.29, 1.82) is 0 Å². The van der Waals surface area contributed by atoms with E-state index in [-0.39, 0.29) is 11.7 Å². The number of anilines is 1. The quantitative estimate of drug-likeness (QED) is 0.389. The van der Waals surface area contributed by atoms with Crippen molar-refractivity contribution < 1.29 is 9.53 Å². The van der Waals surface area contributed by atoms with Gasteiger partial charge in [-0.05, 0) is 67.9 Å². The van der Waals surface area contributed by atoms with Gasteiger partial charge in [-0.1, -0.05) is 18.7 Å². The Bertz CT molecular complexity index is 1360. The van der Waals surface area contributed by atoms with Gasteiger partial charge in [-0.25, -0.2) is 4.98 Å². The van der Waals surface area contributed by atoms with Crippen molar-refractivity contribution in [2.45, 2.75) is 50.1 Å². The van der Waals surface area contributed by atoms with E-state index < -0.39 is 0 Å². The van der Waals surface area contributed by atoms with E-state index in [1.165, 1.54) is 34.0 Å². The van der Waals surface area contributed by atoms with Crippen molar-refractivity contribution in [2.75, 3.05) is 18.2 Å². The smallest absolute Gasteiger partial charge is 0.234 e. The van der Waals surface area contributed by atoms with Crippen LogP contribution in [0.15, 0.2) is 29.4 Å². The van der Waals surface area contributed by atoms with E-state index in [1.807, 2.05) is 35.6 Å². The van der Waals surface area contributed by atoms with Gasteiger partial charge in [0.15, 0.2) is 10.8 Å². The minimum Gasteiger partial charge on any atom is -0.497 e. The summed E-state index contributed by atoms with van der Waals surface area (Å²) in [5.41, 5.74) is 3.06. The van der Waals surface area contributed by atoms with Gasteiger partial charge in [-0.15, -0.1) is 21.5 Å². The van der Waals surface area contributed by atoms with Crippen molar-refractivity contribution in [3.05, 3.63) is 40.5 Å². The maximum absolute atomic E-state index is 12.6. The molecular weight excluding hydrogens is 454 g/mol. The topological polar surface area (TPSA) is 81.4 Å². The lowest BCUT2D eigenvalue weighted by molar-refractivity contribution is -0.113. The number of hydrogen-bond donors (Lipinski definition) is 1. The molecule has 0 saturated heterocycles. The van der Waals surface area contributed by atoms with Crippen molar-refractivity contribution in [3.63, 3.8) is 0 Å². The number of carbonyl (C=O) groups is 1. The second-order valence-corrected chi connectivity index (χ2v) is 11.0. The lowest BCUT2D eigenvalue weighted by atomic mass is 9.89. The van der Waals surface area contributed by atoms with Gasteiger partial charge >= 0.3 is 0 Å². The number of aryl methyl sites for hydroxylation is 1. The Hall–Kier alpha value is -2.65. The van der Waals surface area contributed by atoms with Crippen LogP contribution in [0.2, 0.25) is 0 Å². The molecule has 3 heterocycles. The van der Waals surface area contributed by atoms with Gasteiger partial charge in [-0.3, -0.25) is 9.20 Å². The van der Waals surface area contributed by atoms with Crippen molar-refractivity contribution >= 4 is 50.6 Å². The number of rotatable bonds is 6. The summed E-state index contributed by atoms with van der Waals surface area (Å²) in [4.78, 5) is 20.3. The van der Waals surface area contributed by atoms with Crippen LogP contribution in [-0.2, 0) is 17.6 Å². The molecule has 6 rings (SSSR count). The molecule has 0 radical (unpaired) electrons. The zero-order valence-corrected chi connectivity index (χ0v) is 20.3. The van der Waals surface area contributed by atoms with Gasteiger partial charge in [0.25, 0.3) is 0 Å². The summed E-state index contributed by atoms with van der Waals surface area (Å²) in [5, 5.41) is 14.0. The second kappa shape index (κ2) is 8.29. The minimum absolute atomic E-state index is 0.0779. The van der Waals surface area contributed by atoms with Crippen molar-refractivity contribution in [1.82, 2.24) is 19.6 Å². The molecule has 1 N–H and O–H groups in total. The Morgan fingerprint density at radius 2 is 2.06 bits per heavy atom. The summed E-state index contributed by atoms with van der Waals surface area (Å²) in [6.45, 7) is 2.33. The van der Waals surface area contributed by atoms with E-state index in [0.717, 1.165) is 64.5 Å². The van der Waals surface area contributed by atoms with E-state index in [1.54, 1.807) is 7.11 Å². The highest BCUT2D eigenvalue weighted by Gasteiger charge is 2.32. The first-order valence-electron chi connectivity index (χ1n) is 11.4. The second-order valence-electron chi connectivity index (χ2n) is 8.98. The summed E-state index contributed by atoms with van der Waals surface area (Å²) < 4.78 is 7.29. The van der Waals surface area contributed by atoms with Crippen LogP contribution in [0.3, 0.4) is 0 Å². The van der Waals surface area contributed by atoms with E-state index >= 15 is 0 Å². The summed E-state index contributed by atoms with van der Waals surface area (Å²) in [6, 6.07) is 7.33. The molecule has 3 aromatic heterocycles. The normalized spacial score (nSPS) is 17.9. The number of benzene rings is 1. The van der Waals surface area contributed by atoms with Gasteiger partial charge < -0.3 is 10.1 Å². The predicted molar refractivity (Wildman–Crippen MR) is 132 cm³/mol. The molecule has 0 spiro atoms. The number of ether oxygens (including phenoxy) is 1. The largest absolute Gasteiger partial charge is 0.497 e. The number of thioether (sulfide) groups is 1. The molecule has 33 heavy (non-hydrogen) atoms. The molecule has 2 aliphatic rings. The molecule has 1 aromatic carbocycles. The fraction of sp³-hybridized carbons (Fsp3) is 0.417. The van der Waals surface area contributed by atoms with Crippen LogP contribution in [-0.4, -0.2) is 38.4 Å². The number of thiophene rings is 1. The number of nitrogens with zero attached hydrogens (tertiary/aromatic N) is 4. The first kappa shape index (κ1) is 20.9. The van der Waals surface area contributed by atoms with E-state index in [4.69, 9.17) is 9.72 Å². The maximum atomic E-state index is 12.6. The van der Waals surface area contributed by atoms with Gasteiger partial charge in [0.05, 0.1) is 18.2 Å². The molecule has 7 nitrogen and oxygen atoms in total. The van der Waals surface area contributed by atoms with E-state index in [2.05, 4.69) is 26.8 Å².